The second kappa shape index (κ2) is 26.6. The Bertz CT molecular complexity index is 1650. The van der Waals surface area contributed by atoms with Crippen LogP contribution in [0, 0.1) is 27.0 Å². The summed E-state index contributed by atoms with van der Waals surface area (Å²) in [5.41, 5.74) is 14.8. The number of benzene rings is 2. The van der Waals surface area contributed by atoms with Crippen molar-refractivity contribution in [2.24, 2.45) is 0 Å². The summed E-state index contributed by atoms with van der Waals surface area (Å²) in [4.78, 5) is 61.9. The molecule has 2 aromatic heterocycles. The molecule has 0 fully saturated rings. The number of aromatic amines is 2. The number of hydrogen-bond donors (Lipinski definition) is 4. The number of rotatable bonds is 6. The van der Waals surface area contributed by atoms with Gasteiger partial charge < -0.3 is 32.1 Å². The third-order valence-electron chi connectivity index (χ3n) is 5.21. The van der Waals surface area contributed by atoms with Crippen molar-refractivity contribution in [3.8, 4) is 0 Å². The van der Waals surface area contributed by atoms with Crippen LogP contribution in [0.5, 0.6) is 0 Å². The number of urea groups is 2. The van der Waals surface area contributed by atoms with E-state index in [1.54, 1.807) is 13.8 Å². The Morgan fingerprint density at radius 3 is 1.23 bits per heavy atom. The minimum atomic E-state index is -0.745. The maximum absolute atomic E-state index is 11.6. The van der Waals surface area contributed by atoms with Crippen molar-refractivity contribution in [3.05, 3.63) is 138 Å². The fourth-order valence-electron chi connectivity index (χ4n) is 2.96. The average Bonchev–Trinajstić information content (AvgIpc) is 3.04. The summed E-state index contributed by atoms with van der Waals surface area (Å²) in [7, 11) is 2.82. The van der Waals surface area contributed by atoms with Crippen LogP contribution in [-0.2, 0) is 76.9 Å². The van der Waals surface area contributed by atoms with Crippen LogP contribution in [0.15, 0.2) is 80.6 Å². The topological polar surface area (TPSA) is 206 Å². The van der Waals surface area contributed by atoms with E-state index in [0.717, 1.165) is 22.6 Å². The molecule has 0 saturated heterocycles. The number of hydrogen-bond acceptors (Lipinski definition) is 8. The van der Waals surface area contributed by atoms with Gasteiger partial charge in [-0.05, 0) is 25.0 Å². The van der Waals surface area contributed by atoms with Gasteiger partial charge in [-0.1, -0.05) is 98.3 Å². The summed E-state index contributed by atoms with van der Waals surface area (Å²) < 4.78 is 0. The molecule has 0 atom stereocenters. The summed E-state index contributed by atoms with van der Waals surface area (Å²) in [6, 6.07) is 18.4. The fourth-order valence-corrected chi connectivity index (χ4v) is 4.68. The van der Waals surface area contributed by atoms with E-state index in [1.165, 1.54) is 37.6 Å². The van der Waals surface area contributed by atoms with Gasteiger partial charge in [-0.15, -0.1) is 0 Å². The molecule has 4 amide bonds. The van der Waals surface area contributed by atoms with E-state index in [4.69, 9.17) is 24.6 Å². The molecule has 0 spiro atoms. The van der Waals surface area contributed by atoms with Gasteiger partial charge in [0.2, 0.25) is 0 Å². The third kappa shape index (κ3) is 18.8. The second-order valence-corrected chi connectivity index (χ2v) is 10.5. The second-order valence-electron chi connectivity index (χ2n) is 8.54. The standard InChI is InChI=1S/2C13H11N3OS.2C2H6N2O.2Y/c2*1-9-11(14-2)12(17)16-13(15-9)18-8-10-6-4-3-5-7-10;2*1-4-2(3)5;;/h2*3-7H,8H2,1H3,(H,15,16,17);2*1H3,(H3,3,4,5);;/p-2. The number of nitrogens with one attached hydrogen (secondary N) is 6. The normalized spacial score (nSPS) is 8.88. The van der Waals surface area contributed by atoms with Gasteiger partial charge in [0.05, 0.1) is 24.5 Å². The van der Waals surface area contributed by atoms with Gasteiger partial charge in [0.25, 0.3) is 22.5 Å². The van der Waals surface area contributed by atoms with Crippen molar-refractivity contribution >= 4 is 47.0 Å². The Kier molecular flexibility index (Phi) is 25.9. The van der Waals surface area contributed by atoms with Gasteiger partial charge in [-0.2, -0.15) is 0 Å². The SMILES string of the molecule is CNC([NH-])=O.CNC([NH-])=O.[C-]#[N+]c1c(C)nc(SCc2ccccc2)[nH]c1=O.[C-]#[N+]c1c(C)nc(SCc2ccccc2)[nH]c1=O.[Y].[Y]. The van der Waals surface area contributed by atoms with Crippen LogP contribution < -0.4 is 21.8 Å². The summed E-state index contributed by atoms with van der Waals surface area (Å²) in [6.07, 6.45) is 0. The zero-order chi connectivity index (χ0) is 34.5. The number of amides is 4. The quantitative estimate of drug-likeness (QED) is 0.0944. The average molecular weight is 839 g/mol. The molecule has 0 aliphatic carbocycles. The predicted molar refractivity (Wildman–Crippen MR) is 181 cm³/mol. The fraction of sp³-hybridized carbons (Fsp3) is 0.200. The molecule has 6 N–H and O–H groups in total. The maximum atomic E-state index is 11.6. The molecule has 2 heterocycles. The zero-order valence-corrected chi connectivity index (χ0v) is 33.9. The van der Waals surface area contributed by atoms with Gasteiger partial charge in [0.1, 0.15) is 12.1 Å². The van der Waals surface area contributed by atoms with Crippen LogP contribution >= 0.6 is 23.5 Å². The first kappa shape index (κ1) is 46.7. The molecule has 0 aliphatic heterocycles. The summed E-state index contributed by atoms with van der Waals surface area (Å²) >= 11 is 2.90. The molecule has 2 radical (unpaired) electrons. The Morgan fingerprint density at radius 1 is 0.708 bits per heavy atom. The first-order valence-corrected chi connectivity index (χ1v) is 15.1. The molecular formula is C30H32N10O4S2Y2-2. The molecule has 0 saturated carbocycles. The molecule has 48 heavy (non-hydrogen) atoms. The van der Waals surface area contributed by atoms with Crippen molar-refractivity contribution in [1.29, 1.82) is 0 Å². The van der Waals surface area contributed by atoms with Gasteiger partial charge in [-0.3, -0.25) is 19.2 Å². The molecule has 0 unspecified atom stereocenters. The largest absolute Gasteiger partial charge is 0.453 e. The van der Waals surface area contributed by atoms with E-state index in [1.807, 2.05) is 60.7 Å². The van der Waals surface area contributed by atoms with Gasteiger partial charge in [-0.25, -0.2) is 19.7 Å². The first-order chi connectivity index (χ1) is 21.9. The smallest absolute Gasteiger partial charge is 0.271 e. The van der Waals surface area contributed by atoms with Crippen LogP contribution in [-0.4, -0.2) is 46.1 Å². The van der Waals surface area contributed by atoms with E-state index >= 15 is 0 Å². The van der Waals surface area contributed by atoms with E-state index in [9.17, 15) is 19.2 Å². The third-order valence-corrected chi connectivity index (χ3v) is 7.10. The monoisotopic (exact) mass is 838 g/mol. The van der Waals surface area contributed by atoms with Crippen molar-refractivity contribution in [2.45, 2.75) is 35.7 Å². The molecule has 246 valence electrons. The molecule has 2 aromatic carbocycles. The first-order valence-electron chi connectivity index (χ1n) is 13.1. The minimum Gasteiger partial charge on any atom is -0.453 e. The van der Waals surface area contributed by atoms with Crippen molar-refractivity contribution in [3.63, 3.8) is 0 Å². The van der Waals surface area contributed by atoms with Gasteiger partial charge in [0, 0.05) is 76.9 Å². The number of aryl methyl sites for hydroxylation is 2. The van der Waals surface area contributed by atoms with Gasteiger partial charge in [0.15, 0.2) is 10.3 Å². The Balaban J connectivity index is 0. The molecule has 14 nitrogen and oxygen atoms in total. The van der Waals surface area contributed by atoms with Crippen LogP contribution in [0.3, 0.4) is 0 Å². The van der Waals surface area contributed by atoms with Crippen molar-refractivity contribution in [1.82, 2.24) is 30.6 Å². The maximum Gasteiger partial charge on any atom is 0.271 e. The van der Waals surface area contributed by atoms with Crippen LogP contribution in [0.2, 0.25) is 0 Å². The number of aromatic nitrogens is 4. The number of thioether (sulfide) groups is 2. The van der Waals surface area contributed by atoms with Crippen molar-refractivity contribution < 1.29 is 75.0 Å². The van der Waals surface area contributed by atoms with E-state index in [2.05, 4.69) is 40.3 Å². The number of nitrogens with zero attached hydrogens (tertiary/aromatic N) is 4. The zero-order valence-electron chi connectivity index (χ0n) is 26.6. The Hall–Kier alpha value is -3.37. The molecule has 4 aromatic rings. The number of carbonyl (C=O) groups is 2. The molecule has 18 heteroatoms. The summed E-state index contributed by atoms with van der Waals surface area (Å²) in [5.74, 6) is 1.47. The number of carbonyl (C=O) groups excluding carboxylic acids is 2. The van der Waals surface area contributed by atoms with Crippen molar-refractivity contribution in [2.75, 3.05) is 14.1 Å². The van der Waals surface area contributed by atoms with Gasteiger partial charge >= 0.3 is 0 Å². The van der Waals surface area contributed by atoms with Crippen LogP contribution in [0.25, 0.3) is 21.2 Å². The molecular weight excluding hydrogens is 806 g/mol. The summed E-state index contributed by atoms with van der Waals surface area (Å²) in [6.45, 7) is 17.1. The molecule has 4 rings (SSSR count). The molecule has 0 bridgehead atoms. The molecule has 0 aliphatic rings. The number of H-pyrrole nitrogens is 2. The predicted octanol–water partition coefficient (Wildman–Crippen LogP) is 6.59. The summed E-state index contributed by atoms with van der Waals surface area (Å²) in [5, 5.41) is 5.21. The van der Waals surface area contributed by atoms with E-state index in [-0.39, 0.29) is 87.9 Å². The Labute approximate surface area is 337 Å². The van der Waals surface area contributed by atoms with E-state index in [0.29, 0.717) is 21.7 Å². The van der Waals surface area contributed by atoms with Crippen LogP contribution in [0.4, 0.5) is 21.0 Å². The van der Waals surface area contributed by atoms with Crippen LogP contribution in [0.1, 0.15) is 22.5 Å². The Morgan fingerprint density at radius 2 is 1.00 bits per heavy atom. The van der Waals surface area contributed by atoms with E-state index < -0.39 is 12.1 Å². The minimum absolute atomic E-state index is 0.